The quantitative estimate of drug-likeness (QED) is 0.426. The van der Waals surface area contributed by atoms with Crippen molar-refractivity contribution < 1.29 is 9.53 Å². The van der Waals surface area contributed by atoms with E-state index in [9.17, 15) is 4.79 Å². The minimum absolute atomic E-state index is 0.141. The summed E-state index contributed by atoms with van der Waals surface area (Å²) in [5.41, 5.74) is 1.62. The predicted octanol–water partition coefficient (Wildman–Crippen LogP) is 4.99. The van der Waals surface area contributed by atoms with Crippen LogP contribution in [0.5, 0.6) is 11.5 Å². The molecule has 7 heteroatoms. The lowest BCUT2D eigenvalue weighted by molar-refractivity contribution is -0.113. The SMILES string of the molecule is O=C(CSc1n[nH]c(-c2ccccc2)n1)Nc1cccc(Oc2ccccc2)c1. The summed E-state index contributed by atoms with van der Waals surface area (Å²) in [5, 5.41) is 10.5. The molecule has 1 amide bonds. The molecule has 0 aliphatic carbocycles. The molecule has 0 spiro atoms. The van der Waals surface area contributed by atoms with Crippen LogP contribution in [0.25, 0.3) is 11.4 Å². The van der Waals surface area contributed by atoms with Crippen molar-refractivity contribution in [2.45, 2.75) is 5.16 Å². The Morgan fingerprint density at radius 3 is 2.45 bits per heavy atom. The second-order valence-electron chi connectivity index (χ2n) is 6.11. The van der Waals surface area contributed by atoms with Crippen LogP contribution in [0.2, 0.25) is 0 Å². The van der Waals surface area contributed by atoms with Gasteiger partial charge >= 0.3 is 0 Å². The van der Waals surface area contributed by atoms with Crippen LogP contribution in [0.15, 0.2) is 90.1 Å². The second-order valence-corrected chi connectivity index (χ2v) is 7.05. The molecule has 0 radical (unpaired) electrons. The highest BCUT2D eigenvalue weighted by atomic mass is 32.2. The Bertz CT molecular complexity index is 1080. The number of H-pyrrole nitrogens is 1. The van der Waals surface area contributed by atoms with Crippen molar-refractivity contribution >= 4 is 23.4 Å². The van der Waals surface area contributed by atoms with Gasteiger partial charge < -0.3 is 10.1 Å². The molecule has 0 atom stereocenters. The lowest BCUT2D eigenvalue weighted by Crippen LogP contribution is -2.14. The summed E-state index contributed by atoms with van der Waals surface area (Å²) in [4.78, 5) is 16.7. The number of carbonyl (C=O) groups is 1. The Morgan fingerprint density at radius 2 is 1.66 bits per heavy atom. The highest BCUT2D eigenvalue weighted by Crippen LogP contribution is 2.24. The molecule has 1 aromatic heterocycles. The van der Waals surface area contributed by atoms with Gasteiger partial charge in [-0.05, 0) is 24.3 Å². The minimum atomic E-state index is -0.141. The number of hydrogen-bond acceptors (Lipinski definition) is 5. The molecule has 4 rings (SSSR count). The van der Waals surface area contributed by atoms with Crippen molar-refractivity contribution in [1.29, 1.82) is 0 Å². The van der Waals surface area contributed by atoms with Crippen molar-refractivity contribution in [2.75, 3.05) is 11.1 Å². The van der Waals surface area contributed by atoms with Gasteiger partial charge in [0.25, 0.3) is 0 Å². The summed E-state index contributed by atoms with van der Waals surface area (Å²) in [5.74, 6) is 2.14. The maximum atomic E-state index is 12.3. The Labute approximate surface area is 172 Å². The third-order valence-electron chi connectivity index (χ3n) is 3.94. The highest BCUT2D eigenvalue weighted by Gasteiger charge is 2.09. The average molecular weight is 402 g/mol. The Kier molecular flexibility index (Phi) is 5.87. The Morgan fingerprint density at radius 1 is 0.931 bits per heavy atom. The van der Waals surface area contributed by atoms with Crippen molar-refractivity contribution in [3.63, 3.8) is 0 Å². The predicted molar refractivity (Wildman–Crippen MR) is 114 cm³/mol. The molecule has 0 saturated heterocycles. The van der Waals surface area contributed by atoms with E-state index >= 15 is 0 Å². The number of aromatic nitrogens is 3. The van der Waals surface area contributed by atoms with Crippen LogP contribution in [0.3, 0.4) is 0 Å². The molecule has 29 heavy (non-hydrogen) atoms. The molecule has 0 unspecified atom stereocenters. The summed E-state index contributed by atoms with van der Waals surface area (Å²) < 4.78 is 5.79. The van der Waals surface area contributed by atoms with E-state index in [1.165, 1.54) is 11.8 Å². The number of amides is 1. The van der Waals surface area contributed by atoms with Crippen LogP contribution in [-0.2, 0) is 4.79 Å². The summed E-state index contributed by atoms with van der Waals surface area (Å²) in [6.07, 6.45) is 0. The number of thioether (sulfide) groups is 1. The first kappa shape index (κ1) is 18.8. The van der Waals surface area contributed by atoms with E-state index in [0.29, 0.717) is 22.4 Å². The number of para-hydroxylation sites is 1. The first-order chi connectivity index (χ1) is 14.3. The van der Waals surface area contributed by atoms with Crippen LogP contribution in [0, 0.1) is 0 Å². The molecule has 0 saturated carbocycles. The zero-order chi connectivity index (χ0) is 19.9. The Balaban J connectivity index is 1.32. The van der Waals surface area contributed by atoms with Crippen LogP contribution in [0.4, 0.5) is 5.69 Å². The van der Waals surface area contributed by atoms with Crippen molar-refractivity contribution in [3.05, 3.63) is 84.9 Å². The normalized spacial score (nSPS) is 10.5. The lowest BCUT2D eigenvalue weighted by atomic mass is 10.2. The van der Waals surface area contributed by atoms with Crippen LogP contribution in [0.1, 0.15) is 0 Å². The smallest absolute Gasteiger partial charge is 0.234 e. The third-order valence-corrected chi connectivity index (χ3v) is 4.79. The zero-order valence-electron chi connectivity index (χ0n) is 15.4. The van der Waals surface area contributed by atoms with Gasteiger partial charge in [-0.1, -0.05) is 66.4 Å². The van der Waals surface area contributed by atoms with Gasteiger partial charge in [0, 0.05) is 17.3 Å². The summed E-state index contributed by atoms with van der Waals surface area (Å²) >= 11 is 1.27. The molecular formula is C22H18N4O2S. The monoisotopic (exact) mass is 402 g/mol. The topological polar surface area (TPSA) is 79.9 Å². The highest BCUT2D eigenvalue weighted by molar-refractivity contribution is 7.99. The number of nitrogens with zero attached hydrogens (tertiary/aromatic N) is 2. The molecule has 144 valence electrons. The molecule has 0 aliphatic heterocycles. The molecule has 2 N–H and O–H groups in total. The fraction of sp³-hybridized carbons (Fsp3) is 0.0455. The van der Waals surface area contributed by atoms with Crippen LogP contribution < -0.4 is 10.1 Å². The number of aromatic amines is 1. The van der Waals surface area contributed by atoms with E-state index in [4.69, 9.17) is 4.74 Å². The van der Waals surface area contributed by atoms with E-state index in [-0.39, 0.29) is 11.7 Å². The molecule has 0 aliphatic rings. The number of benzene rings is 3. The van der Waals surface area contributed by atoms with E-state index < -0.39 is 0 Å². The maximum Gasteiger partial charge on any atom is 0.234 e. The van der Waals surface area contributed by atoms with E-state index in [2.05, 4.69) is 20.5 Å². The third kappa shape index (κ3) is 5.24. The van der Waals surface area contributed by atoms with E-state index in [1.807, 2.05) is 78.9 Å². The molecule has 1 heterocycles. The number of carbonyl (C=O) groups excluding carboxylic acids is 1. The fourth-order valence-electron chi connectivity index (χ4n) is 2.63. The van der Waals surface area contributed by atoms with Gasteiger partial charge in [-0.15, -0.1) is 5.10 Å². The van der Waals surface area contributed by atoms with Crippen molar-refractivity contribution in [1.82, 2.24) is 15.2 Å². The fourth-order valence-corrected chi connectivity index (χ4v) is 3.22. The van der Waals surface area contributed by atoms with Gasteiger partial charge in [-0.3, -0.25) is 9.89 Å². The first-order valence-electron chi connectivity index (χ1n) is 9.00. The number of anilines is 1. The second kappa shape index (κ2) is 9.07. The van der Waals surface area contributed by atoms with Gasteiger partial charge in [0.2, 0.25) is 11.1 Å². The van der Waals surface area contributed by atoms with Gasteiger partial charge in [0.05, 0.1) is 5.75 Å². The maximum absolute atomic E-state index is 12.3. The number of ether oxygens (including phenoxy) is 1. The molecular weight excluding hydrogens is 384 g/mol. The van der Waals surface area contributed by atoms with Crippen molar-refractivity contribution in [2.24, 2.45) is 0 Å². The molecule has 3 aromatic carbocycles. The molecule has 4 aromatic rings. The van der Waals surface area contributed by atoms with Crippen LogP contribution in [-0.4, -0.2) is 26.8 Å². The van der Waals surface area contributed by atoms with Gasteiger partial charge in [0.15, 0.2) is 5.82 Å². The van der Waals surface area contributed by atoms with E-state index in [0.717, 1.165) is 11.3 Å². The zero-order valence-corrected chi connectivity index (χ0v) is 16.2. The standard InChI is InChI=1S/C22H18N4O2S/c27-20(15-29-22-24-21(25-26-22)16-8-3-1-4-9-16)23-17-10-7-13-19(14-17)28-18-11-5-2-6-12-18/h1-14H,15H2,(H,23,27)(H,24,25,26). The van der Waals surface area contributed by atoms with E-state index in [1.54, 1.807) is 6.07 Å². The Hall–Kier alpha value is -3.58. The van der Waals surface area contributed by atoms with Crippen LogP contribution >= 0.6 is 11.8 Å². The number of hydrogen-bond donors (Lipinski definition) is 2. The van der Waals surface area contributed by atoms with Crippen molar-refractivity contribution in [3.8, 4) is 22.9 Å². The first-order valence-corrected chi connectivity index (χ1v) is 9.98. The number of rotatable bonds is 7. The summed E-state index contributed by atoms with van der Waals surface area (Å²) in [6.45, 7) is 0. The molecule has 0 bridgehead atoms. The average Bonchev–Trinajstić information content (AvgIpc) is 3.23. The summed E-state index contributed by atoms with van der Waals surface area (Å²) in [7, 11) is 0. The van der Waals surface area contributed by atoms with Gasteiger partial charge in [-0.25, -0.2) is 4.98 Å². The molecule has 6 nitrogen and oxygen atoms in total. The largest absolute Gasteiger partial charge is 0.457 e. The minimum Gasteiger partial charge on any atom is -0.457 e. The number of nitrogens with one attached hydrogen (secondary N) is 2. The molecule has 0 fully saturated rings. The lowest BCUT2D eigenvalue weighted by Gasteiger charge is -2.08. The van der Waals surface area contributed by atoms with Gasteiger partial charge in [0.1, 0.15) is 11.5 Å². The van der Waals surface area contributed by atoms with Gasteiger partial charge in [-0.2, -0.15) is 0 Å². The summed E-state index contributed by atoms with van der Waals surface area (Å²) in [6, 6.07) is 26.5.